The molecule has 204 valence electrons. The maximum atomic E-state index is 5.38. The zero-order valence-corrected chi connectivity index (χ0v) is 23.6. The van der Waals surface area contributed by atoms with Gasteiger partial charge in [-0.1, -0.05) is 109 Å². The average Bonchev–Trinajstić information content (AvgIpc) is 3.61. The third-order valence-corrected chi connectivity index (χ3v) is 9.05. The van der Waals surface area contributed by atoms with Gasteiger partial charge >= 0.3 is 0 Å². The van der Waals surface area contributed by atoms with Crippen molar-refractivity contribution < 1.29 is 0 Å². The smallest absolute Gasteiger partial charge is 0.235 e. The lowest BCUT2D eigenvalue weighted by Gasteiger charge is -2.14. The summed E-state index contributed by atoms with van der Waals surface area (Å²) in [4.78, 5) is 10.6. The number of aromatic nitrogens is 4. The summed E-state index contributed by atoms with van der Waals surface area (Å²) in [7, 11) is 0. The molecular weight excluding hydrogens is 536 g/mol. The van der Waals surface area contributed by atoms with Gasteiger partial charge in [-0.3, -0.25) is 4.57 Å². The van der Waals surface area contributed by atoms with Crippen molar-refractivity contribution in [3.05, 3.63) is 146 Å². The number of para-hydroxylation sites is 3. The lowest BCUT2D eigenvalue weighted by Crippen LogP contribution is -2.04. The fourth-order valence-corrected chi connectivity index (χ4v) is 7.23. The van der Waals surface area contributed by atoms with Crippen LogP contribution in [0.25, 0.3) is 88.2 Å². The second-order valence-corrected chi connectivity index (χ2v) is 11.4. The third-order valence-electron chi connectivity index (χ3n) is 9.05. The Balaban J connectivity index is 1.47. The van der Waals surface area contributed by atoms with Gasteiger partial charge in [0.05, 0.1) is 33.3 Å². The van der Waals surface area contributed by atoms with E-state index in [9.17, 15) is 0 Å². The molecule has 10 rings (SSSR count). The van der Waals surface area contributed by atoms with Gasteiger partial charge in [0, 0.05) is 38.2 Å². The van der Waals surface area contributed by atoms with Crippen molar-refractivity contribution in [3.8, 4) is 22.9 Å². The molecule has 0 spiro atoms. The van der Waals surface area contributed by atoms with E-state index in [4.69, 9.17) is 9.97 Å². The number of fused-ring (bicyclic) bond motifs is 5. The van der Waals surface area contributed by atoms with Crippen molar-refractivity contribution in [3.63, 3.8) is 0 Å². The van der Waals surface area contributed by atoms with Crippen LogP contribution >= 0.6 is 0 Å². The van der Waals surface area contributed by atoms with Gasteiger partial charge in [0.1, 0.15) is 0 Å². The molecule has 3 aromatic heterocycles. The van der Waals surface area contributed by atoms with Gasteiger partial charge < -0.3 is 4.57 Å². The first-order valence-electron chi connectivity index (χ1n) is 14.9. The maximum absolute atomic E-state index is 5.38. The van der Waals surface area contributed by atoms with Crippen LogP contribution in [0.4, 0.5) is 0 Å². The Bertz CT molecular complexity index is 2700. The van der Waals surface area contributed by atoms with Crippen molar-refractivity contribution >= 4 is 65.3 Å². The van der Waals surface area contributed by atoms with E-state index in [0.29, 0.717) is 5.95 Å². The second-order valence-electron chi connectivity index (χ2n) is 11.4. The molecule has 3 heterocycles. The largest absolute Gasteiger partial charge is 0.307 e. The Hall–Kier alpha value is -6.00. The minimum atomic E-state index is 0.671. The minimum absolute atomic E-state index is 0.671. The van der Waals surface area contributed by atoms with Gasteiger partial charge in [0.25, 0.3) is 0 Å². The normalized spacial score (nSPS) is 12.1. The molecule has 0 radical (unpaired) electrons. The summed E-state index contributed by atoms with van der Waals surface area (Å²) in [6, 6.07) is 51.6. The second kappa shape index (κ2) is 8.76. The van der Waals surface area contributed by atoms with Crippen LogP contribution in [0.5, 0.6) is 0 Å². The van der Waals surface area contributed by atoms with Crippen LogP contribution in [-0.4, -0.2) is 19.1 Å². The summed E-state index contributed by atoms with van der Waals surface area (Å²) in [5.74, 6) is 0.671. The Morgan fingerprint density at radius 2 is 1.14 bits per heavy atom. The number of benzene rings is 7. The van der Waals surface area contributed by atoms with Crippen molar-refractivity contribution in [2.75, 3.05) is 0 Å². The molecule has 0 unspecified atom stereocenters. The van der Waals surface area contributed by atoms with Crippen molar-refractivity contribution in [1.29, 1.82) is 0 Å². The lowest BCUT2D eigenvalue weighted by molar-refractivity contribution is 1.01. The highest BCUT2D eigenvalue weighted by molar-refractivity contribution is 6.32. The Kier molecular flexibility index (Phi) is 4.69. The first-order chi connectivity index (χ1) is 21.8. The standard InChI is InChI=1S/C40H24N4/c1-3-12-26(13-4-1)37-30-18-7-9-19-32(30)41-40(42-37)44-34-21-11-14-25-22-23-27-24-31-29-17-8-10-20-33(29)43(28-15-5-2-6-16-28)38(31)39(44)36(27)35(25)34/h1-24H. The molecule has 44 heavy (non-hydrogen) atoms. The highest BCUT2D eigenvalue weighted by atomic mass is 15.2. The van der Waals surface area contributed by atoms with Gasteiger partial charge in [0.2, 0.25) is 5.95 Å². The molecule has 7 aromatic carbocycles. The molecule has 0 aliphatic heterocycles. The SMILES string of the molecule is c1ccc(-c2nc(-n3c4cccc5ccc6cc7c8ccccc8n(-c8ccccc8)c7c3c6c54)nc3ccccc23)cc1. The monoisotopic (exact) mass is 560 g/mol. The summed E-state index contributed by atoms with van der Waals surface area (Å²) < 4.78 is 4.72. The molecule has 0 aliphatic rings. The van der Waals surface area contributed by atoms with Crippen molar-refractivity contribution in [2.24, 2.45) is 0 Å². The Labute approximate surface area is 252 Å². The molecule has 0 saturated heterocycles. The summed E-state index contributed by atoms with van der Waals surface area (Å²) in [6.07, 6.45) is 0. The summed E-state index contributed by atoms with van der Waals surface area (Å²) in [6.45, 7) is 0. The van der Waals surface area contributed by atoms with Crippen LogP contribution in [-0.2, 0) is 0 Å². The van der Waals surface area contributed by atoms with Crippen LogP contribution in [0, 0.1) is 0 Å². The summed E-state index contributed by atoms with van der Waals surface area (Å²) in [5.41, 5.74) is 8.62. The van der Waals surface area contributed by atoms with Gasteiger partial charge in [-0.25, -0.2) is 9.97 Å². The van der Waals surface area contributed by atoms with E-state index in [-0.39, 0.29) is 0 Å². The van der Waals surface area contributed by atoms with E-state index < -0.39 is 0 Å². The molecule has 4 nitrogen and oxygen atoms in total. The number of rotatable bonds is 3. The molecule has 10 aromatic rings. The summed E-state index contributed by atoms with van der Waals surface area (Å²) in [5, 5.41) is 8.39. The molecule has 0 aliphatic carbocycles. The third kappa shape index (κ3) is 3.11. The van der Waals surface area contributed by atoms with Crippen LogP contribution in [0.1, 0.15) is 0 Å². The van der Waals surface area contributed by atoms with Crippen molar-refractivity contribution in [1.82, 2.24) is 19.1 Å². The Morgan fingerprint density at radius 1 is 0.432 bits per heavy atom. The van der Waals surface area contributed by atoms with Gasteiger partial charge in [0.15, 0.2) is 0 Å². The topological polar surface area (TPSA) is 35.6 Å². The molecule has 0 atom stereocenters. The number of hydrogen-bond donors (Lipinski definition) is 0. The minimum Gasteiger partial charge on any atom is -0.307 e. The average molecular weight is 561 g/mol. The number of nitrogens with zero attached hydrogens (tertiary/aromatic N) is 4. The molecular formula is C40H24N4. The van der Waals surface area contributed by atoms with E-state index in [1.165, 1.54) is 37.8 Å². The number of hydrogen-bond acceptors (Lipinski definition) is 2. The zero-order valence-electron chi connectivity index (χ0n) is 23.6. The molecule has 4 heteroatoms. The van der Waals surface area contributed by atoms with Gasteiger partial charge in [-0.15, -0.1) is 0 Å². The van der Waals surface area contributed by atoms with E-state index in [1.807, 2.05) is 6.07 Å². The van der Waals surface area contributed by atoms with Crippen LogP contribution in [0.2, 0.25) is 0 Å². The first kappa shape index (κ1) is 23.6. The summed E-state index contributed by atoms with van der Waals surface area (Å²) >= 11 is 0. The van der Waals surface area contributed by atoms with Crippen LogP contribution in [0.15, 0.2) is 146 Å². The Morgan fingerprint density at radius 3 is 2.00 bits per heavy atom. The molecule has 0 saturated carbocycles. The van der Waals surface area contributed by atoms with E-state index in [1.54, 1.807) is 0 Å². The molecule has 0 fully saturated rings. The maximum Gasteiger partial charge on any atom is 0.235 e. The quantitative estimate of drug-likeness (QED) is 0.202. The molecule has 0 bridgehead atoms. The predicted molar refractivity (Wildman–Crippen MR) is 182 cm³/mol. The van der Waals surface area contributed by atoms with E-state index in [0.717, 1.165) is 44.4 Å². The van der Waals surface area contributed by atoms with Gasteiger partial charge in [-0.05, 0) is 47.2 Å². The van der Waals surface area contributed by atoms with Gasteiger partial charge in [-0.2, -0.15) is 0 Å². The predicted octanol–water partition coefficient (Wildman–Crippen LogP) is 10.1. The first-order valence-corrected chi connectivity index (χ1v) is 14.9. The van der Waals surface area contributed by atoms with E-state index >= 15 is 0 Å². The van der Waals surface area contributed by atoms with Crippen LogP contribution < -0.4 is 0 Å². The van der Waals surface area contributed by atoms with E-state index in [2.05, 4.69) is 149 Å². The van der Waals surface area contributed by atoms with Crippen LogP contribution in [0.3, 0.4) is 0 Å². The van der Waals surface area contributed by atoms with Crippen molar-refractivity contribution in [2.45, 2.75) is 0 Å². The fraction of sp³-hybridized carbons (Fsp3) is 0. The highest BCUT2D eigenvalue weighted by Crippen LogP contribution is 2.45. The molecule has 0 N–H and O–H groups in total. The molecule has 0 amide bonds. The fourth-order valence-electron chi connectivity index (χ4n) is 7.23. The lowest BCUT2D eigenvalue weighted by atomic mass is 10.00. The highest BCUT2D eigenvalue weighted by Gasteiger charge is 2.25. The zero-order chi connectivity index (χ0) is 28.8.